The number of para-hydroxylation sites is 1. The Bertz CT molecular complexity index is 1580. The fourth-order valence-electron chi connectivity index (χ4n) is 4.15. The van der Waals surface area contributed by atoms with Crippen LogP contribution in [-0.4, -0.2) is 31.7 Å². The van der Waals surface area contributed by atoms with Crippen molar-refractivity contribution in [2.45, 2.75) is 13.8 Å². The van der Waals surface area contributed by atoms with E-state index in [0.29, 0.717) is 22.0 Å². The molecule has 0 radical (unpaired) electrons. The van der Waals surface area contributed by atoms with Crippen molar-refractivity contribution < 1.29 is 9.80 Å². The summed E-state index contributed by atoms with van der Waals surface area (Å²) in [5, 5.41) is 6.20. The number of aromatic nitrogens is 4. The predicted octanol–water partition coefficient (Wildman–Crippen LogP) is 2.88. The lowest BCUT2D eigenvalue weighted by molar-refractivity contribution is -0.106. The van der Waals surface area contributed by atoms with Gasteiger partial charge in [0.05, 0.1) is 16.8 Å². The third-order valence-electron chi connectivity index (χ3n) is 5.59. The number of hydrogen-bond donors (Lipinski definition) is 2. The highest BCUT2D eigenvalue weighted by Gasteiger charge is 2.20. The van der Waals surface area contributed by atoms with E-state index in [4.69, 9.17) is 16.1 Å². The summed E-state index contributed by atoms with van der Waals surface area (Å²) in [6, 6.07) is 14.7. The van der Waals surface area contributed by atoms with Gasteiger partial charge >= 0.3 is 0 Å². The van der Waals surface area contributed by atoms with Gasteiger partial charge < -0.3 is 5.73 Å². The van der Waals surface area contributed by atoms with Crippen molar-refractivity contribution in [1.29, 1.82) is 0 Å². The van der Waals surface area contributed by atoms with Crippen LogP contribution in [0.1, 0.15) is 17.1 Å². The second-order valence-corrected chi connectivity index (χ2v) is 7.70. The Balaban J connectivity index is 1.89. The molecule has 5 rings (SSSR count). The van der Waals surface area contributed by atoms with Crippen LogP contribution >= 0.6 is 0 Å². The lowest BCUT2D eigenvalue weighted by Gasteiger charge is -2.12. The lowest BCUT2D eigenvalue weighted by atomic mass is 10.0. The van der Waals surface area contributed by atoms with Crippen LogP contribution in [-0.2, 0) is 0 Å². The molecule has 0 aliphatic carbocycles. The Morgan fingerprint density at radius 1 is 1.03 bits per heavy atom. The van der Waals surface area contributed by atoms with E-state index >= 15 is 0 Å². The standard InChI is InChI=1S/C25H20FN7/c1-14-10-16(6-8-29-14)17-11-19(25(28)31-13-27)24-22(12-17)33(15(2)32-24)21-7-9-30-23-18(21)4-3-5-20(23)26/h3-13H,1-2H3,(H3,27,28,31)/p+1. The Morgan fingerprint density at radius 3 is 2.64 bits per heavy atom. The average molecular weight is 438 g/mol. The summed E-state index contributed by atoms with van der Waals surface area (Å²) in [5.41, 5.74) is 12.3. The molecule has 8 heteroatoms. The van der Waals surface area contributed by atoms with E-state index in [-0.39, 0.29) is 11.7 Å². The van der Waals surface area contributed by atoms with Crippen molar-refractivity contribution in [2.24, 2.45) is 10.7 Å². The molecule has 0 atom stereocenters. The number of aryl methyl sites for hydroxylation is 2. The number of nitrogens with zero attached hydrogens (tertiary/aromatic N) is 5. The molecule has 0 saturated heterocycles. The monoisotopic (exact) mass is 438 g/mol. The van der Waals surface area contributed by atoms with E-state index in [0.717, 1.165) is 40.2 Å². The van der Waals surface area contributed by atoms with Gasteiger partial charge in [0.15, 0.2) is 0 Å². The number of amidine groups is 1. The quantitative estimate of drug-likeness (QED) is 0.332. The molecule has 33 heavy (non-hydrogen) atoms. The first-order valence-electron chi connectivity index (χ1n) is 10.3. The zero-order valence-electron chi connectivity index (χ0n) is 18.1. The van der Waals surface area contributed by atoms with Crippen molar-refractivity contribution >= 4 is 34.1 Å². The fraction of sp³-hybridized carbons (Fsp3) is 0.0800. The minimum atomic E-state index is -0.375. The summed E-state index contributed by atoms with van der Waals surface area (Å²) < 4.78 is 16.4. The maximum atomic E-state index is 14.5. The van der Waals surface area contributed by atoms with Crippen molar-refractivity contribution in [1.82, 2.24) is 19.5 Å². The van der Waals surface area contributed by atoms with Crippen LogP contribution in [0.3, 0.4) is 0 Å². The molecule has 0 aliphatic rings. The SMILES string of the molecule is Cc1cc(-c2cc(C(N)=NC=[NH2+])c3nc(C)n(-c4ccnc5c(F)cccc45)c3c2)ccn1. The number of rotatable bonds is 4. The fourth-order valence-corrected chi connectivity index (χ4v) is 4.15. The number of imidazole rings is 1. The zero-order valence-corrected chi connectivity index (χ0v) is 18.1. The Labute approximate surface area is 189 Å². The number of benzene rings is 2. The second-order valence-electron chi connectivity index (χ2n) is 7.70. The molecule has 5 aromatic rings. The number of nitrogens with two attached hydrogens (primary N) is 2. The first-order valence-corrected chi connectivity index (χ1v) is 10.3. The van der Waals surface area contributed by atoms with Gasteiger partial charge in [-0.3, -0.25) is 19.9 Å². The maximum absolute atomic E-state index is 14.5. The third kappa shape index (κ3) is 3.41. The molecule has 0 fully saturated rings. The zero-order chi connectivity index (χ0) is 23.1. The van der Waals surface area contributed by atoms with Gasteiger partial charge in [0, 0.05) is 23.5 Å². The van der Waals surface area contributed by atoms with E-state index < -0.39 is 0 Å². The van der Waals surface area contributed by atoms with E-state index in [1.165, 1.54) is 6.07 Å². The number of hydrogen-bond acceptors (Lipinski definition) is 3. The predicted molar refractivity (Wildman–Crippen MR) is 128 cm³/mol. The molecule has 4 N–H and O–H groups in total. The van der Waals surface area contributed by atoms with Crippen molar-refractivity contribution in [3.63, 3.8) is 0 Å². The highest BCUT2D eigenvalue weighted by Crippen LogP contribution is 2.32. The highest BCUT2D eigenvalue weighted by atomic mass is 19.1. The van der Waals surface area contributed by atoms with Gasteiger partial charge in [-0.2, -0.15) is 0 Å². The molecular weight excluding hydrogens is 417 g/mol. The summed E-state index contributed by atoms with van der Waals surface area (Å²) in [6.07, 6.45) is 4.52. The lowest BCUT2D eigenvalue weighted by Crippen LogP contribution is -2.30. The Morgan fingerprint density at radius 2 is 1.85 bits per heavy atom. The molecule has 0 saturated carbocycles. The Kier molecular flexibility index (Phi) is 4.90. The van der Waals surface area contributed by atoms with Crippen LogP contribution < -0.4 is 11.1 Å². The first kappa shape index (κ1) is 20.4. The number of fused-ring (bicyclic) bond motifs is 2. The van der Waals surface area contributed by atoms with Gasteiger partial charge in [-0.25, -0.2) is 9.37 Å². The molecule has 3 heterocycles. The van der Waals surface area contributed by atoms with Gasteiger partial charge in [0.2, 0.25) is 5.84 Å². The average Bonchev–Trinajstić information content (AvgIpc) is 3.14. The molecule has 0 bridgehead atoms. The van der Waals surface area contributed by atoms with Crippen molar-refractivity contribution in [2.75, 3.05) is 0 Å². The first-order chi connectivity index (χ1) is 16.0. The van der Waals surface area contributed by atoms with E-state index in [2.05, 4.69) is 15.0 Å². The molecule has 162 valence electrons. The van der Waals surface area contributed by atoms with Crippen molar-refractivity contribution in [3.05, 3.63) is 83.8 Å². The highest BCUT2D eigenvalue weighted by molar-refractivity contribution is 6.11. The smallest absolute Gasteiger partial charge is 0.279 e. The number of pyridine rings is 2. The molecule has 0 amide bonds. The van der Waals surface area contributed by atoms with Gasteiger partial charge in [-0.15, -0.1) is 0 Å². The van der Waals surface area contributed by atoms with E-state index in [1.54, 1.807) is 18.5 Å². The van der Waals surface area contributed by atoms with Crippen LogP contribution in [0.2, 0.25) is 0 Å². The van der Waals surface area contributed by atoms with Crippen LogP contribution in [0.4, 0.5) is 4.39 Å². The minimum Gasteiger partial charge on any atom is -0.362 e. The van der Waals surface area contributed by atoms with E-state index in [9.17, 15) is 4.39 Å². The second kappa shape index (κ2) is 7.90. The Hall–Kier alpha value is -4.46. The minimum absolute atomic E-state index is 0.255. The molecule has 0 spiro atoms. The summed E-state index contributed by atoms with van der Waals surface area (Å²) in [7, 11) is 0. The summed E-state index contributed by atoms with van der Waals surface area (Å²) >= 11 is 0. The number of aliphatic imine (C=N–C) groups is 1. The van der Waals surface area contributed by atoms with Crippen LogP contribution in [0.25, 0.3) is 38.8 Å². The maximum Gasteiger partial charge on any atom is 0.279 e. The molecule has 0 aliphatic heterocycles. The molecule has 3 aromatic heterocycles. The van der Waals surface area contributed by atoms with E-state index in [1.807, 2.05) is 54.8 Å². The van der Waals surface area contributed by atoms with Gasteiger partial charge in [-0.1, -0.05) is 12.1 Å². The van der Waals surface area contributed by atoms with Gasteiger partial charge in [0.25, 0.3) is 6.34 Å². The number of halogens is 1. The summed E-state index contributed by atoms with van der Waals surface area (Å²) in [5.74, 6) is 0.598. The summed E-state index contributed by atoms with van der Waals surface area (Å²) in [4.78, 5) is 17.4. The molecular formula is C25H21FN7+. The van der Waals surface area contributed by atoms with Crippen LogP contribution in [0.15, 0.2) is 65.9 Å². The van der Waals surface area contributed by atoms with Crippen LogP contribution in [0, 0.1) is 19.7 Å². The van der Waals surface area contributed by atoms with Crippen molar-refractivity contribution in [3.8, 4) is 16.8 Å². The van der Waals surface area contributed by atoms with Gasteiger partial charge in [-0.05, 0) is 66.4 Å². The summed E-state index contributed by atoms with van der Waals surface area (Å²) in [6.45, 7) is 3.84. The largest absolute Gasteiger partial charge is 0.362 e. The molecule has 7 nitrogen and oxygen atoms in total. The topological polar surface area (TPSA) is 108 Å². The van der Waals surface area contributed by atoms with Crippen LogP contribution in [0.5, 0.6) is 0 Å². The third-order valence-corrected chi connectivity index (χ3v) is 5.59. The van der Waals surface area contributed by atoms with Gasteiger partial charge in [0.1, 0.15) is 22.7 Å². The normalized spacial score (nSPS) is 11.9. The molecule has 2 aromatic carbocycles. The molecule has 0 unspecified atom stereocenters.